The molecule has 68 valence electrons. The summed E-state index contributed by atoms with van der Waals surface area (Å²) in [5.74, 6) is 0. The van der Waals surface area contributed by atoms with E-state index in [1.165, 1.54) is 0 Å². The zero-order valence-corrected chi connectivity index (χ0v) is 6.98. The van der Waals surface area contributed by atoms with E-state index < -0.39 is 0 Å². The Morgan fingerprint density at radius 2 is 2.42 bits per heavy atom. The number of aryl methyl sites for hydroxylation is 1. The molecule has 1 heterocycles. The van der Waals surface area contributed by atoms with E-state index in [4.69, 9.17) is 10.8 Å². The van der Waals surface area contributed by atoms with Gasteiger partial charge in [-0.15, -0.1) is 5.10 Å². The molecule has 0 unspecified atom stereocenters. The first-order valence-corrected chi connectivity index (χ1v) is 4.06. The van der Waals surface area contributed by atoms with Gasteiger partial charge in [0.1, 0.15) is 0 Å². The molecular formula is C7H14N4O. The first kappa shape index (κ1) is 9.15. The van der Waals surface area contributed by atoms with Crippen molar-refractivity contribution in [2.45, 2.75) is 19.4 Å². The van der Waals surface area contributed by atoms with Crippen molar-refractivity contribution in [3.63, 3.8) is 0 Å². The number of nitrogens with two attached hydrogens (primary N) is 1. The Morgan fingerprint density at radius 1 is 1.58 bits per heavy atom. The van der Waals surface area contributed by atoms with Crippen LogP contribution in [0.4, 0.5) is 0 Å². The van der Waals surface area contributed by atoms with E-state index in [-0.39, 0.29) is 6.61 Å². The summed E-state index contributed by atoms with van der Waals surface area (Å²) >= 11 is 0. The normalized spacial score (nSPS) is 10.5. The summed E-state index contributed by atoms with van der Waals surface area (Å²) in [6.45, 7) is 1.50. The lowest BCUT2D eigenvalue weighted by Crippen LogP contribution is -2.02. The Bertz CT molecular complexity index is 223. The molecule has 0 radical (unpaired) electrons. The van der Waals surface area contributed by atoms with Crippen LogP contribution in [0.15, 0.2) is 6.20 Å². The van der Waals surface area contributed by atoms with Crippen LogP contribution in [0.2, 0.25) is 0 Å². The molecule has 0 spiro atoms. The highest BCUT2D eigenvalue weighted by atomic mass is 16.3. The largest absolute Gasteiger partial charge is 0.396 e. The molecule has 12 heavy (non-hydrogen) atoms. The van der Waals surface area contributed by atoms with Crippen LogP contribution < -0.4 is 5.73 Å². The summed E-state index contributed by atoms with van der Waals surface area (Å²) < 4.78 is 1.72. The summed E-state index contributed by atoms with van der Waals surface area (Å²) in [5, 5.41) is 16.3. The van der Waals surface area contributed by atoms with Crippen molar-refractivity contribution in [2.75, 3.05) is 13.2 Å². The van der Waals surface area contributed by atoms with Gasteiger partial charge >= 0.3 is 0 Å². The van der Waals surface area contributed by atoms with Crippen LogP contribution in [0.3, 0.4) is 0 Å². The highest BCUT2D eigenvalue weighted by Crippen LogP contribution is 1.94. The molecule has 0 aliphatic heterocycles. The lowest BCUT2D eigenvalue weighted by Gasteiger charge is -1.94. The van der Waals surface area contributed by atoms with Gasteiger partial charge in [0.2, 0.25) is 0 Å². The van der Waals surface area contributed by atoms with Gasteiger partial charge in [0, 0.05) is 25.8 Å². The molecule has 0 saturated heterocycles. The van der Waals surface area contributed by atoms with Crippen molar-refractivity contribution < 1.29 is 5.11 Å². The van der Waals surface area contributed by atoms with Crippen LogP contribution >= 0.6 is 0 Å². The molecule has 0 aliphatic rings. The van der Waals surface area contributed by atoms with E-state index in [0.717, 1.165) is 12.1 Å². The number of aliphatic hydroxyl groups excluding tert-OH is 1. The molecule has 0 bridgehead atoms. The lowest BCUT2D eigenvalue weighted by molar-refractivity contribution is 0.276. The molecule has 0 aliphatic carbocycles. The summed E-state index contributed by atoms with van der Waals surface area (Å²) in [5.41, 5.74) is 6.27. The third-order valence-electron chi connectivity index (χ3n) is 1.53. The molecule has 0 saturated carbocycles. The summed E-state index contributed by atoms with van der Waals surface area (Å²) in [6.07, 6.45) is 3.34. The Labute approximate surface area is 71.2 Å². The van der Waals surface area contributed by atoms with Crippen LogP contribution in [0.5, 0.6) is 0 Å². The maximum atomic E-state index is 8.56. The van der Waals surface area contributed by atoms with Gasteiger partial charge in [0.15, 0.2) is 0 Å². The zero-order valence-electron chi connectivity index (χ0n) is 6.98. The van der Waals surface area contributed by atoms with Crippen molar-refractivity contribution in [3.05, 3.63) is 11.9 Å². The molecular weight excluding hydrogens is 156 g/mol. The van der Waals surface area contributed by atoms with Gasteiger partial charge in [-0.1, -0.05) is 5.21 Å². The number of rotatable bonds is 5. The van der Waals surface area contributed by atoms with Gasteiger partial charge in [-0.25, -0.2) is 0 Å². The van der Waals surface area contributed by atoms with Gasteiger partial charge in [0.25, 0.3) is 0 Å². The molecule has 0 atom stereocenters. The monoisotopic (exact) mass is 170 g/mol. The minimum Gasteiger partial charge on any atom is -0.396 e. The van der Waals surface area contributed by atoms with Gasteiger partial charge in [-0.3, -0.25) is 4.68 Å². The summed E-state index contributed by atoms with van der Waals surface area (Å²) in [7, 11) is 0. The van der Waals surface area contributed by atoms with E-state index in [9.17, 15) is 0 Å². The predicted molar refractivity (Wildman–Crippen MR) is 44.5 cm³/mol. The first-order valence-electron chi connectivity index (χ1n) is 4.06. The Balaban J connectivity index is 2.41. The molecule has 0 aromatic carbocycles. The molecule has 0 amide bonds. The van der Waals surface area contributed by atoms with Crippen molar-refractivity contribution in [2.24, 2.45) is 5.73 Å². The topological polar surface area (TPSA) is 77.0 Å². The van der Waals surface area contributed by atoms with Gasteiger partial charge in [-0.2, -0.15) is 0 Å². The SMILES string of the molecule is NCCc1cn(CCCO)nn1. The van der Waals surface area contributed by atoms with Crippen LogP contribution in [-0.2, 0) is 13.0 Å². The van der Waals surface area contributed by atoms with Crippen molar-refractivity contribution >= 4 is 0 Å². The third kappa shape index (κ3) is 2.60. The minimum atomic E-state index is 0.187. The maximum absolute atomic E-state index is 8.56. The van der Waals surface area contributed by atoms with Crippen LogP contribution in [0, 0.1) is 0 Å². The fraction of sp³-hybridized carbons (Fsp3) is 0.714. The Hall–Kier alpha value is -0.940. The second-order valence-electron chi connectivity index (χ2n) is 2.59. The van der Waals surface area contributed by atoms with Gasteiger partial charge < -0.3 is 10.8 Å². The molecule has 3 N–H and O–H groups in total. The standard InChI is InChI=1S/C7H14N4O/c8-3-2-7-6-11(10-9-7)4-1-5-12/h6,12H,1-5,8H2. The van der Waals surface area contributed by atoms with Gasteiger partial charge in [0.05, 0.1) is 5.69 Å². The van der Waals surface area contributed by atoms with E-state index >= 15 is 0 Å². The summed E-state index contributed by atoms with van der Waals surface area (Å²) in [4.78, 5) is 0. The fourth-order valence-electron chi connectivity index (χ4n) is 0.943. The number of nitrogens with zero attached hydrogens (tertiary/aromatic N) is 3. The second-order valence-corrected chi connectivity index (χ2v) is 2.59. The van der Waals surface area contributed by atoms with Crippen molar-refractivity contribution in [3.8, 4) is 0 Å². The first-order chi connectivity index (χ1) is 5.86. The molecule has 5 heteroatoms. The highest BCUT2D eigenvalue weighted by molar-refractivity contribution is 4.92. The molecule has 0 fully saturated rings. The third-order valence-corrected chi connectivity index (χ3v) is 1.53. The Morgan fingerprint density at radius 3 is 3.08 bits per heavy atom. The predicted octanol–water partition coefficient (Wildman–Crippen LogP) is -0.838. The van der Waals surface area contributed by atoms with Gasteiger partial charge in [-0.05, 0) is 13.0 Å². The summed E-state index contributed by atoms with van der Waals surface area (Å²) in [6, 6.07) is 0. The molecule has 1 aromatic heterocycles. The van der Waals surface area contributed by atoms with E-state index in [0.29, 0.717) is 19.5 Å². The fourth-order valence-corrected chi connectivity index (χ4v) is 0.943. The highest BCUT2D eigenvalue weighted by Gasteiger charge is 1.97. The number of aliphatic hydroxyl groups is 1. The van der Waals surface area contributed by atoms with Crippen LogP contribution in [0.25, 0.3) is 0 Å². The Kier molecular flexibility index (Phi) is 3.69. The van der Waals surface area contributed by atoms with Crippen molar-refractivity contribution in [1.29, 1.82) is 0 Å². The average Bonchev–Trinajstić information content (AvgIpc) is 2.50. The minimum absolute atomic E-state index is 0.187. The lowest BCUT2D eigenvalue weighted by atomic mass is 10.3. The second kappa shape index (κ2) is 4.84. The smallest absolute Gasteiger partial charge is 0.0839 e. The number of hydrogen-bond acceptors (Lipinski definition) is 4. The van der Waals surface area contributed by atoms with Crippen LogP contribution in [-0.4, -0.2) is 33.3 Å². The van der Waals surface area contributed by atoms with E-state index in [1.807, 2.05) is 6.20 Å². The quantitative estimate of drug-likeness (QED) is 0.604. The van der Waals surface area contributed by atoms with Crippen LogP contribution in [0.1, 0.15) is 12.1 Å². The average molecular weight is 170 g/mol. The zero-order chi connectivity index (χ0) is 8.81. The number of hydrogen-bond donors (Lipinski definition) is 2. The van der Waals surface area contributed by atoms with E-state index in [2.05, 4.69) is 10.3 Å². The van der Waals surface area contributed by atoms with E-state index in [1.54, 1.807) is 4.68 Å². The number of aromatic nitrogens is 3. The maximum Gasteiger partial charge on any atom is 0.0839 e. The molecule has 5 nitrogen and oxygen atoms in total. The molecule has 1 aromatic rings. The molecule has 1 rings (SSSR count). The van der Waals surface area contributed by atoms with Crippen molar-refractivity contribution in [1.82, 2.24) is 15.0 Å².